The number of hydrogen-bond acceptors (Lipinski definition) is 2. The molecule has 0 aliphatic rings. The average Bonchev–Trinajstić information content (AvgIpc) is 2.20. The lowest BCUT2D eigenvalue weighted by molar-refractivity contribution is 0.856. The number of hydrogen-bond donors (Lipinski definition) is 2. The van der Waals surface area contributed by atoms with E-state index in [-0.39, 0.29) is 0 Å². The standard InChI is InChI=1S/C13H22N2/c1-8(2)13-10(4)9(3)11(14-5)7-12(13)15-6/h7-8,14-15H,1-6H3. The second-order valence-electron chi connectivity index (χ2n) is 4.29. The monoisotopic (exact) mass is 206 g/mol. The second kappa shape index (κ2) is 4.56. The Morgan fingerprint density at radius 3 is 1.87 bits per heavy atom. The Kier molecular flexibility index (Phi) is 3.61. The zero-order valence-electron chi connectivity index (χ0n) is 10.7. The van der Waals surface area contributed by atoms with Crippen LogP contribution in [0.25, 0.3) is 0 Å². The molecule has 0 saturated heterocycles. The van der Waals surface area contributed by atoms with Gasteiger partial charge < -0.3 is 10.6 Å². The van der Waals surface area contributed by atoms with Gasteiger partial charge >= 0.3 is 0 Å². The molecule has 0 aromatic heterocycles. The van der Waals surface area contributed by atoms with E-state index in [2.05, 4.69) is 44.4 Å². The molecule has 15 heavy (non-hydrogen) atoms. The Bertz CT molecular complexity index is 354. The third-order valence-electron chi connectivity index (χ3n) is 3.07. The van der Waals surface area contributed by atoms with Gasteiger partial charge in [-0.05, 0) is 42.5 Å². The van der Waals surface area contributed by atoms with Crippen molar-refractivity contribution in [2.24, 2.45) is 0 Å². The Hall–Kier alpha value is -1.18. The SMILES string of the molecule is CNc1cc(NC)c(C(C)C)c(C)c1C. The van der Waals surface area contributed by atoms with Crippen LogP contribution < -0.4 is 10.6 Å². The highest BCUT2D eigenvalue weighted by Gasteiger charge is 2.13. The van der Waals surface area contributed by atoms with Gasteiger partial charge in [-0.25, -0.2) is 0 Å². The van der Waals surface area contributed by atoms with Gasteiger partial charge in [-0.15, -0.1) is 0 Å². The van der Waals surface area contributed by atoms with Gasteiger partial charge in [-0.3, -0.25) is 0 Å². The van der Waals surface area contributed by atoms with Crippen molar-refractivity contribution in [3.05, 3.63) is 22.8 Å². The van der Waals surface area contributed by atoms with Crippen LogP contribution in [-0.4, -0.2) is 14.1 Å². The summed E-state index contributed by atoms with van der Waals surface area (Å²) in [6.45, 7) is 8.85. The molecule has 1 aromatic rings. The predicted octanol–water partition coefficient (Wildman–Crippen LogP) is 3.51. The maximum atomic E-state index is 3.28. The minimum Gasteiger partial charge on any atom is -0.388 e. The van der Waals surface area contributed by atoms with E-state index >= 15 is 0 Å². The Morgan fingerprint density at radius 2 is 1.47 bits per heavy atom. The summed E-state index contributed by atoms with van der Waals surface area (Å²) in [7, 11) is 3.95. The Labute approximate surface area is 93.1 Å². The van der Waals surface area contributed by atoms with Gasteiger partial charge in [-0.1, -0.05) is 13.8 Å². The molecule has 1 aromatic carbocycles. The number of benzene rings is 1. The molecule has 0 aliphatic carbocycles. The van der Waals surface area contributed by atoms with E-state index < -0.39 is 0 Å². The highest BCUT2D eigenvalue weighted by atomic mass is 14.9. The molecule has 0 fully saturated rings. The first-order valence-electron chi connectivity index (χ1n) is 5.52. The lowest BCUT2D eigenvalue weighted by Crippen LogP contribution is -2.05. The maximum absolute atomic E-state index is 3.28. The Balaban J connectivity index is 3.44. The molecule has 2 nitrogen and oxygen atoms in total. The van der Waals surface area contributed by atoms with Crippen molar-refractivity contribution in [3.63, 3.8) is 0 Å². The highest BCUT2D eigenvalue weighted by molar-refractivity contribution is 5.69. The molecule has 0 amide bonds. The van der Waals surface area contributed by atoms with Gasteiger partial charge in [0.15, 0.2) is 0 Å². The van der Waals surface area contributed by atoms with E-state index in [9.17, 15) is 0 Å². The van der Waals surface area contributed by atoms with Crippen LogP contribution in [0.5, 0.6) is 0 Å². The minimum atomic E-state index is 0.553. The summed E-state index contributed by atoms with van der Waals surface area (Å²) in [5.41, 5.74) is 6.61. The van der Waals surface area contributed by atoms with Gasteiger partial charge in [0.25, 0.3) is 0 Å². The molecular formula is C13H22N2. The first kappa shape index (κ1) is 11.9. The van der Waals surface area contributed by atoms with Gasteiger partial charge in [0, 0.05) is 25.5 Å². The smallest absolute Gasteiger partial charge is 0.0396 e. The van der Waals surface area contributed by atoms with Crippen LogP contribution in [0.1, 0.15) is 36.5 Å². The van der Waals surface area contributed by atoms with Crippen LogP contribution in [0.3, 0.4) is 0 Å². The highest BCUT2D eigenvalue weighted by Crippen LogP contribution is 2.34. The third-order valence-corrected chi connectivity index (χ3v) is 3.07. The fraction of sp³-hybridized carbons (Fsp3) is 0.538. The van der Waals surface area contributed by atoms with E-state index in [1.807, 2.05) is 14.1 Å². The van der Waals surface area contributed by atoms with Crippen molar-refractivity contribution in [2.45, 2.75) is 33.6 Å². The lowest BCUT2D eigenvalue weighted by atomic mass is 9.91. The molecule has 0 saturated carbocycles. The normalized spacial score (nSPS) is 10.6. The molecule has 84 valence electrons. The van der Waals surface area contributed by atoms with Crippen LogP contribution in [0.4, 0.5) is 11.4 Å². The summed E-state index contributed by atoms with van der Waals surface area (Å²) >= 11 is 0. The molecule has 0 radical (unpaired) electrons. The van der Waals surface area contributed by atoms with Crippen molar-refractivity contribution < 1.29 is 0 Å². The summed E-state index contributed by atoms with van der Waals surface area (Å²) < 4.78 is 0. The van der Waals surface area contributed by atoms with Gasteiger partial charge in [0.2, 0.25) is 0 Å². The molecule has 0 unspecified atom stereocenters. The van der Waals surface area contributed by atoms with E-state index in [0.717, 1.165) is 0 Å². The zero-order chi connectivity index (χ0) is 11.6. The van der Waals surface area contributed by atoms with Crippen LogP contribution in [0.2, 0.25) is 0 Å². The molecule has 0 heterocycles. The minimum absolute atomic E-state index is 0.553. The van der Waals surface area contributed by atoms with E-state index in [4.69, 9.17) is 0 Å². The molecular weight excluding hydrogens is 184 g/mol. The summed E-state index contributed by atoms with van der Waals surface area (Å²) in [5.74, 6) is 0.553. The van der Waals surface area contributed by atoms with Crippen LogP contribution in [0, 0.1) is 13.8 Å². The molecule has 0 aliphatic heterocycles. The zero-order valence-corrected chi connectivity index (χ0v) is 10.7. The van der Waals surface area contributed by atoms with Gasteiger partial charge in [-0.2, -0.15) is 0 Å². The maximum Gasteiger partial charge on any atom is 0.0396 e. The van der Waals surface area contributed by atoms with Crippen molar-refractivity contribution >= 4 is 11.4 Å². The third kappa shape index (κ3) is 2.09. The van der Waals surface area contributed by atoms with E-state index in [0.29, 0.717) is 5.92 Å². The van der Waals surface area contributed by atoms with Gasteiger partial charge in [0.05, 0.1) is 0 Å². The predicted molar refractivity (Wildman–Crippen MR) is 69.1 cm³/mol. The van der Waals surface area contributed by atoms with Crippen molar-refractivity contribution in [1.29, 1.82) is 0 Å². The molecule has 1 rings (SSSR count). The van der Waals surface area contributed by atoms with Crippen LogP contribution >= 0.6 is 0 Å². The van der Waals surface area contributed by atoms with Crippen LogP contribution in [-0.2, 0) is 0 Å². The summed E-state index contributed by atoms with van der Waals surface area (Å²) in [4.78, 5) is 0. The molecule has 0 bridgehead atoms. The Morgan fingerprint density at radius 1 is 0.933 bits per heavy atom. The van der Waals surface area contributed by atoms with Gasteiger partial charge in [0.1, 0.15) is 0 Å². The summed E-state index contributed by atoms with van der Waals surface area (Å²) in [6.07, 6.45) is 0. The van der Waals surface area contributed by atoms with E-state index in [1.165, 1.54) is 28.1 Å². The van der Waals surface area contributed by atoms with Crippen molar-refractivity contribution in [1.82, 2.24) is 0 Å². The summed E-state index contributed by atoms with van der Waals surface area (Å²) in [6, 6.07) is 2.19. The first-order valence-corrected chi connectivity index (χ1v) is 5.52. The van der Waals surface area contributed by atoms with Crippen molar-refractivity contribution in [2.75, 3.05) is 24.7 Å². The quantitative estimate of drug-likeness (QED) is 0.790. The number of nitrogens with one attached hydrogen (secondary N) is 2. The fourth-order valence-corrected chi connectivity index (χ4v) is 2.15. The largest absolute Gasteiger partial charge is 0.388 e. The molecule has 2 N–H and O–H groups in total. The first-order chi connectivity index (χ1) is 7.02. The van der Waals surface area contributed by atoms with Crippen LogP contribution in [0.15, 0.2) is 6.07 Å². The molecule has 0 spiro atoms. The number of rotatable bonds is 3. The van der Waals surface area contributed by atoms with Crippen molar-refractivity contribution in [3.8, 4) is 0 Å². The average molecular weight is 206 g/mol. The van der Waals surface area contributed by atoms with E-state index in [1.54, 1.807) is 0 Å². The fourth-order valence-electron chi connectivity index (χ4n) is 2.15. The molecule has 0 atom stereocenters. The lowest BCUT2D eigenvalue weighted by Gasteiger charge is -2.20. The summed E-state index contributed by atoms with van der Waals surface area (Å²) in [5, 5.41) is 6.52. The topological polar surface area (TPSA) is 24.1 Å². The molecule has 2 heteroatoms. The number of anilines is 2. The second-order valence-corrected chi connectivity index (χ2v) is 4.29.